The summed E-state index contributed by atoms with van der Waals surface area (Å²) in [6.45, 7) is 6.47. The first-order valence-electron chi connectivity index (χ1n) is 14.5. The average Bonchev–Trinajstić information content (AvgIpc) is 3.39. The molecular weight excluding hydrogens is 535 g/mol. The van der Waals surface area contributed by atoms with Crippen LogP contribution in [0, 0.1) is 5.92 Å². The van der Waals surface area contributed by atoms with E-state index >= 15 is 0 Å². The topological polar surface area (TPSA) is 80.6 Å². The highest BCUT2D eigenvalue weighted by Crippen LogP contribution is 2.31. The summed E-state index contributed by atoms with van der Waals surface area (Å²) in [6.07, 6.45) is 0.330. The normalized spacial score (nSPS) is 20.7. The van der Waals surface area contributed by atoms with Gasteiger partial charge in [0, 0.05) is 51.9 Å². The first-order valence-corrected chi connectivity index (χ1v) is 14.5. The molecule has 1 aromatic carbocycles. The van der Waals surface area contributed by atoms with Gasteiger partial charge in [-0.25, -0.2) is 18.2 Å². The Labute approximate surface area is 239 Å². The summed E-state index contributed by atoms with van der Waals surface area (Å²) in [6, 6.07) is 9.18. The molecule has 41 heavy (non-hydrogen) atoms. The van der Waals surface area contributed by atoms with Crippen molar-refractivity contribution in [3.05, 3.63) is 36.2 Å². The van der Waals surface area contributed by atoms with E-state index in [1.165, 1.54) is 4.57 Å². The van der Waals surface area contributed by atoms with Crippen molar-refractivity contribution >= 4 is 22.8 Å². The number of nitrogens with zero attached hydrogens (tertiary/aromatic N) is 6. The third kappa shape index (κ3) is 7.28. The molecule has 9 nitrogen and oxygen atoms in total. The van der Waals surface area contributed by atoms with Gasteiger partial charge in [-0.2, -0.15) is 9.97 Å². The molecule has 3 heterocycles. The predicted molar refractivity (Wildman–Crippen MR) is 153 cm³/mol. The lowest BCUT2D eigenvalue weighted by Crippen LogP contribution is -2.43. The van der Waals surface area contributed by atoms with Crippen LogP contribution in [-0.2, 0) is 9.47 Å². The Morgan fingerprint density at radius 1 is 1.05 bits per heavy atom. The summed E-state index contributed by atoms with van der Waals surface area (Å²) in [5.41, 5.74) is 1.06. The van der Waals surface area contributed by atoms with Crippen LogP contribution in [0.4, 0.5) is 24.9 Å². The van der Waals surface area contributed by atoms with Gasteiger partial charge in [-0.05, 0) is 50.7 Å². The van der Waals surface area contributed by atoms with Crippen molar-refractivity contribution < 1.29 is 22.6 Å². The predicted octanol–water partition coefficient (Wildman–Crippen LogP) is 4.87. The Hall–Kier alpha value is -2.96. The zero-order valence-corrected chi connectivity index (χ0v) is 23.8. The van der Waals surface area contributed by atoms with E-state index in [-0.39, 0.29) is 5.82 Å². The van der Waals surface area contributed by atoms with Gasteiger partial charge in [0.15, 0.2) is 5.82 Å². The Morgan fingerprint density at radius 2 is 1.78 bits per heavy atom. The minimum atomic E-state index is -2.76. The van der Waals surface area contributed by atoms with Crippen LogP contribution < -0.4 is 10.2 Å². The summed E-state index contributed by atoms with van der Waals surface area (Å²) < 4.78 is 54.2. The lowest BCUT2D eigenvalue weighted by molar-refractivity contribution is 0.0759. The second-order valence-electron chi connectivity index (χ2n) is 10.9. The van der Waals surface area contributed by atoms with E-state index < -0.39 is 12.6 Å². The molecule has 0 radical (unpaired) electrons. The summed E-state index contributed by atoms with van der Waals surface area (Å²) in [7, 11) is 1.67. The Morgan fingerprint density at radius 3 is 2.49 bits per heavy atom. The maximum absolute atomic E-state index is 14.1. The van der Waals surface area contributed by atoms with E-state index in [1.807, 2.05) is 0 Å². The molecule has 1 aliphatic heterocycles. The van der Waals surface area contributed by atoms with Gasteiger partial charge in [0.1, 0.15) is 17.8 Å². The zero-order chi connectivity index (χ0) is 28.8. The maximum Gasteiger partial charge on any atom is 0.296 e. The van der Waals surface area contributed by atoms with Gasteiger partial charge in [-0.15, -0.1) is 0 Å². The number of aromatic nitrogens is 4. The molecule has 1 N–H and O–H groups in total. The molecule has 0 spiro atoms. The van der Waals surface area contributed by atoms with Gasteiger partial charge in [0.05, 0.1) is 30.9 Å². The smallest absolute Gasteiger partial charge is 0.296 e. The minimum Gasteiger partial charge on any atom is -0.383 e. The molecule has 1 saturated heterocycles. The highest BCUT2D eigenvalue weighted by Gasteiger charge is 2.27. The minimum absolute atomic E-state index is 0.342. The molecule has 1 atom stereocenters. The molecule has 1 unspecified atom stereocenters. The SMILES string of the molecule is COCCN(CC(C)F)[C@H]1CC[C@H](CNc2nc(N3CCOCC3)cc(-n3c(C(F)F)nc4ccccc43)n2)CC1. The van der Waals surface area contributed by atoms with E-state index in [1.54, 1.807) is 44.4 Å². The van der Waals surface area contributed by atoms with E-state index in [2.05, 4.69) is 20.1 Å². The van der Waals surface area contributed by atoms with Crippen molar-refractivity contribution in [1.29, 1.82) is 0 Å². The Balaban J connectivity index is 1.34. The van der Waals surface area contributed by atoms with Gasteiger partial charge >= 0.3 is 0 Å². The molecule has 12 heteroatoms. The summed E-state index contributed by atoms with van der Waals surface area (Å²) in [4.78, 5) is 18.0. The van der Waals surface area contributed by atoms with Crippen molar-refractivity contribution in [2.45, 2.75) is 51.2 Å². The van der Waals surface area contributed by atoms with E-state index in [0.717, 1.165) is 32.2 Å². The van der Waals surface area contributed by atoms with Crippen LogP contribution in [0.2, 0.25) is 0 Å². The Kier molecular flexibility index (Phi) is 9.94. The van der Waals surface area contributed by atoms with Gasteiger partial charge in [0.2, 0.25) is 5.95 Å². The first-order chi connectivity index (χ1) is 19.9. The van der Waals surface area contributed by atoms with Crippen molar-refractivity contribution in [3.8, 4) is 5.82 Å². The van der Waals surface area contributed by atoms with Crippen LogP contribution in [0.3, 0.4) is 0 Å². The molecule has 224 valence electrons. The van der Waals surface area contributed by atoms with Gasteiger partial charge in [-0.3, -0.25) is 9.47 Å². The number of halogens is 3. The van der Waals surface area contributed by atoms with Crippen LogP contribution in [0.5, 0.6) is 0 Å². The number of imidazole rings is 1. The summed E-state index contributed by atoms with van der Waals surface area (Å²) in [5, 5.41) is 3.41. The number of benzene rings is 1. The number of fused-ring (bicyclic) bond motifs is 1. The van der Waals surface area contributed by atoms with Crippen LogP contribution >= 0.6 is 0 Å². The highest BCUT2D eigenvalue weighted by molar-refractivity contribution is 5.78. The molecule has 0 amide bonds. The molecule has 5 rings (SSSR count). The fourth-order valence-corrected chi connectivity index (χ4v) is 5.91. The van der Waals surface area contributed by atoms with Crippen LogP contribution in [0.15, 0.2) is 30.3 Å². The lowest BCUT2D eigenvalue weighted by atomic mass is 9.85. The summed E-state index contributed by atoms with van der Waals surface area (Å²) >= 11 is 0. The molecular formula is C29H40F3N7O2. The zero-order valence-electron chi connectivity index (χ0n) is 23.8. The van der Waals surface area contributed by atoms with Crippen LogP contribution in [0.25, 0.3) is 16.9 Å². The standard InChI is InChI=1S/C29H40F3N7O2/c1-20(30)19-38(11-14-40-2)22-9-7-21(8-10-22)18-33-29-35-25(37-12-15-41-16-13-37)17-26(36-29)39-24-6-4-3-5-23(24)34-28(39)27(31)32/h3-6,17,20-22,27H,7-16,18-19H2,1-2H3,(H,33,35,36)/t20?,21-,22-. The van der Waals surface area contributed by atoms with Gasteiger partial charge in [0.25, 0.3) is 6.43 Å². The number of methoxy groups -OCH3 is 1. The highest BCUT2D eigenvalue weighted by atomic mass is 19.3. The third-order valence-corrected chi connectivity index (χ3v) is 8.00. The van der Waals surface area contributed by atoms with E-state index in [0.29, 0.717) is 86.6 Å². The molecule has 2 aliphatic rings. The second-order valence-corrected chi connectivity index (χ2v) is 10.9. The number of hydrogen-bond donors (Lipinski definition) is 1. The van der Waals surface area contributed by atoms with Crippen molar-refractivity contribution in [3.63, 3.8) is 0 Å². The first kappa shape index (κ1) is 29.5. The molecule has 0 bridgehead atoms. The third-order valence-electron chi connectivity index (χ3n) is 8.00. The number of nitrogens with one attached hydrogen (secondary N) is 1. The van der Waals surface area contributed by atoms with Crippen molar-refractivity contribution in [1.82, 2.24) is 24.4 Å². The molecule has 3 aromatic rings. The monoisotopic (exact) mass is 575 g/mol. The number of rotatable bonds is 12. The largest absolute Gasteiger partial charge is 0.383 e. The molecule has 1 saturated carbocycles. The quantitative estimate of drug-likeness (QED) is 0.328. The number of alkyl halides is 3. The Bertz CT molecular complexity index is 1260. The maximum atomic E-state index is 14.1. The number of ether oxygens (including phenoxy) is 2. The van der Waals surface area contributed by atoms with Crippen molar-refractivity contribution in [2.75, 3.05) is 69.9 Å². The molecule has 2 aromatic heterocycles. The van der Waals surface area contributed by atoms with Crippen LogP contribution in [-0.4, -0.2) is 96.3 Å². The van der Waals surface area contributed by atoms with E-state index in [9.17, 15) is 13.2 Å². The van der Waals surface area contributed by atoms with Crippen molar-refractivity contribution in [2.24, 2.45) is 5.92 Å². The second kappa shape index (κ2) is 13.8. The van der Waals surface area contributed by atoms with Gasteiger partial charge < -0.3 is 19.7 Å². The van der Waals surface area contributed by atoms with Gasteiger partial charge in [-0.1, -0.05) is 12.1 Å². The fourth-order valence-electron chi connectivity index (χ4n) is 5.91. The number of anilines is 2. The van der Waals surface area contributed by atoms with Crippen LogP contribution in [0.1, 0.15) is 44.9 Å². The number of morpholine rings is 1. The summed E-state index contributed by atoms with van der Waals surface area (Å²) in [5.74, 6) is 1.48. The number of hydrogen-bond acceptors (Lipinski definition) is 8. The van der Waals surface area contributed by atoms with E-state index in [4.69, 9.17) is 19.4 Å². The lowest BCUT2D eigenvalue weighted by Gasteiger charge is -2.37. The molecule has 1 aliphatic carbocycles. The average molecular weight is 576 g/mol. The molecule has 2 fully saturated rings. The fraction of sp³-hybridized carbons (Fsp3) is 0.621. The number of para-hydroxylation sites is 2.